The lowest BCUT2D eigenvalue weighted by Crippen LogP contribution is -2.15. The number of imidazole rings is 1. The van der Waals surface area contributed by atoms with E-state index in [0.717, 1.165) is 0 Å². The van der Waals surface area contributed by atoms with E-state index in [0.29, 0.717) is 33.2 Å². The Labute approximate surface area is 203 Å². The van der Waals surface area contributed by atoms with Crippen LogP contribution >= 0.6 is 11.6 Å². The Bertz CT molecular complexity index is 1470. The number of aliphatic hydroxyl groups is 1. The summed E-state index contributed by atoms with van der Waals surface area (Å²) in [6.45, 7) is 4.79. The summed E-state index contributed by atoms with van der Waals surface area (Å²) in [6, 6.07) is 18.2. The van der Waals surface area contributed by atoms with Crippen molar-refractivity contribution in [3.8, 4) is 28.2 Å². The Morgan fingerprint density at radius 1 is 1.03 bits per heavy atom. The van der Waals surface area contributed by atoms with Gasteiger partial charge in [-0.05, 0) is 61.4 Å². The molecule has 0 bridgehead atoms. The second kappa shape index (κ2) is 8.98. The summed E-state index contributed by atoms with van der Waals surface area (Å²) in [4.78, 5) is 4.75. The predicted molar refractivity (Wildman–Crippen MR) is 132 cm³/mol. The Morgan fingerprint density at radius 3 is 2.38 bits per heavy atom. The van der Waals surface area contributed by atoms with Crippen molar-refractivity contribution in [2.45, 2.75) is 31.3 Å². The number of halogens is 2. The van der Waals surface area contributed by atoms with E-state index in [4.69, 9.17) is 11.6 Å². The van der Waals surface area contributed by atoms with Crippen LogP contribution in [0.3, 0.4) is 0 Å². The topological polar surface area (TPSA) is 72.2 Å². The first kappa shape index (κ1) is 24.1. The highest BCUT2D eigenvalue weighted by Gasteiger charge is 2.25. The smallest absolute Gasteiger partial charge is 0.178 e. The minimum Gasteiger partial charge on any atom is -0.384 e. The van der Waals surface area contributed by atoms with Crippen molar-refractivity contribution in [1.29, 1.82) is 0 Å². The first-order chi connectivity index (χ1) is 16.0. The van der Waals surface area contributed by atoms with Crippen LogP contribution in [0.2, 0.25) is 5.02 Å². The van der Waals surface area contributed by atoms with Crippen molar-refractivity contribution in [3.05, 3.63) is 89.5 Å². The normalized spacial score (nSPS) is 12.2. The van der Waals surface area contributed by atoms with Crippen LogP contribution in [0.5, 0.6) is 0 Å². The molecule has 0 fully saturated rings. The van der Waals surface area contributed by atoms with Crippen LogP contribution < -0.4 is 0 Å². The van der Waals surface area contributed by atoms with Gasteiger partial charge in [-0.2, -0.15) is 0 Å². The Morgan fingerprint density at radius 2 is 1.74 bits per heavy atom. The van der Waals surface area contributed by atoms with E-state index < -0.39 is 21.3 Å². The fourth-order valence-electron chi connectivity index (χ4n) is 3.61. The van der Waals surface area contributed by atoms with Gasteiger partial charge in [0.1, 0.15) is 17.2 Å². The fraction of sp³-hybridized carbons (Fsp3) is 0.192. The lowest BCUT2D eigenvalue weighted by atomic mass is 10.0. The van der Waals surface area contributed by atoms with Crippen molar-refractivity contribution >= 4 is 21.4 Å². The van der Waals surface area contributed by atoms with Gasteiger partial charge < -0.3 is 5.11 Å². The fourth-order valence-corrected chi connectivity index (χ4v) is 4.75. The molecule has 0 atom stereocenters. The molecule has 1 aromatic heterocycles. The number of sulfone groups is 1. The molecule has 1 heterocycles. The molecule has 3 aromatic carbocycles. The Balaban J connectivity index is 1.84. The number of hydrogen-bond donors (Lipinski definition) is 1. The average Bonchev–Trinajstić information content (AvgIpc) is 3.25. The highest BCUT2D eigenvalue weighted by molar-refractivity contribution is 7.91. The summed E-state index contributed by atoms with van der Waals surface area (Å²) in [5, 5.41) is 11.0. The molecule has 0 aliphatic heterocycles. The van der Waals surface area contributed by atoms with Gasteiger partial charge in [0.05, 0.1) is 27.1 Å². The lowest BCUT2D eigenvalue weighted by Gasteiger charge is -2.13. The van der Waals surface area contributed by atoms with Crippen molar-refractivity contribution < 1.29 is 17.9 Å². The monoisotopic (exact) mass is 498 g/mol. The van der Waals surface area contributed by atoms with Crippen LogP contribution in [-0.4, -0.2) is 28.8 Å². The molecule has 4 rings (SSSR count). The minimum absolute atomic E-state index is 0.0151. The quantitative estimate of drug-likeness (QED) is 0.353. The molecular formula is C26H24ClFN2O3S. The molecular weight excluding hydrogens is 475 g/mol. The van der Waals surface area contributed by atoms with E-state index >= 15 is 4.39 Å². The van der Waals surface area contributed by atoms with Crippen LogP contribution in [0.15, 0.2) is 77.8 Å². The van der Waals surface area contributed by atoms with Crippen molar-refractivity contribution in [2.75, 3.05) is 5.75 Å². The van der Waals surface area contributed by atoms with Crippen molar-refractivity contribution in [3.63, 3.8) is 0 Å². The van der Waals surface area contributed by atoms with Crippen LogP contribution in [0, 0.1) is 5.82 Å². The molecule has 34 heavy (non-hydrogen) atoms. The molecule has 0 spiro atoms. The van der Waals surface area contributed by atoms with Gasteiger partial charge >= 0.3 is 0 Å². The number of nitrogens with zero attached hydrogens (tertiary/aromatic N) is 2. The summed E-state index contributed by atoms with van der Waals surface area (Å²) in [7, 11) is -3.38. The summed E-state index contributed by atoms with van der Waals surface area (Å²) in [5.74, 6) is -0.154. The van der Waals surface area contributed by atoms with E-state index in [2.05, 4.69) is 4.98 Å². The molecule has 176 valence electrons. The first-order valence-electron chi connectivity index (χ1n) is 10.7. The SMILES string of the molecule is CCS(=O)(=O)c1cccc(-c2ccc(-n3cc(C(C)(C)O)nc3-c3ccccc3Cl)c(F)c2)c1. The van der Waals surface area contributed by atoms with Gasteiger partial charge in [-0.1, -0.05) is 48.9 Å². The summed E-state index contributed by atoms with van der Waals surface area (Å²) < 4.78 is 41.5. The number of rotatable bonds is 6. The zero-order chi connectivity index (χ0) is 24.7. The summed E-state index contributed by atoms with van der Waals surface area (Å²) >= 11 is 6.39. The molecule has 0 amide bonds. The second-order valence-electron chi connectivity index (χ2n) is 8.46. The third kappa shape index (κ3) is 4.64. The van der Waals surface area contributed by atoms with Crippen LogP contribution in [-0.2, 0) is 15.4 Å². The molecule has 0 saturated carbocycles. The zero-order valence-electron chi connectivity index (χ0n) is 19.0. The summed E-state index contributed by atoms with van der Waals surface area (Å²) in [5.41, 5.74) is 1.07. The highest BCUT2D eigenvalue weighted by atomic mass is 35.5. The Kier molecular flexibility index (Phi) is 6.38. The zero-order valence-corrected chi connectivity index (χ0v) is 20.5. The second-order valence-corrected chi connectivity index (χ2v) is 11.1. The number of hydrogen-bond acceptors (Lipinski definition) is 4. The Hall–Kier alpha value is -3.00. The third-order valence-corrected chi connectivity index (χ3v) is 7.62. The molecule has 0 unspecified atom stereocenters. The van der Waals surface area contributed by atoms with Crippen LogP contribution in [0.4, 0.5) is 4.39 Å². The molecule has 0 radical (unpaired) electrons. The molecule has 1 N–H and O–H groups in total. The van der Waals surface area contributed by atoms with Crippen molar-refractivity contribution in [2.24, 2.45) is 0 Å². The van der Waals surface area contributed by atoms with Gasteiger partial charge in [-0.3, -0.25) is 4.57 Å². The van der Waals surface area contributed by atoms with Crippen LogP contribution in [0.25, 0.3) is 28.2 Å². The van der Waals surface area contributed by atoms with E-state index in [-0.39, 0.29) is 16.3 Å². The van der Waals surface area contributed by atoms with E-state index in [1.165, 1.54) is 12.1 Å². The maximum absolute atomic E-state index is 15.5. The molecule has 0 aliphatic rings. The van der Waals surface area contributed by atoms with E-state index in [1.54, 1.807) is 86.1 Å². The molecule has 0 saturated heterocycles. The van der Waals surface area contributed by atoms with Gasteiger partial charge in [0, 0.05) is 11.8 Å². The minimum atomic E-state index is -3.38. The molecule has 5 nitrogen and oxygen atoms in total. The van der Waals surface area contributed by atoms with Crippen molar-refractivity contribution in [1.82, 2.24) is 9.55 Å². The standard InChI is InChI=1S/C26H24ClFN2O3S/c1-4-34(32,33)19-9-7-8-17(14-19)18-12-13-23(22(28)15-18)30-16-24(26(2,3)31)29-25(30)20-10-5-6-11-21(20)27/h5-16,31H,4H2,1-3H3. The summed E-state index contributed by atoms with van der Waals surface area (Å²) in [6.07, 6.45) is 1.59. The predicted octanol–water partition coefficient (Wildman–Crippen LogP) is 6.02. The highest BCUT2D eigenvalue weighted by Crippen LogP contribution is 2.33. The average molecular weight is 499 g/mol. The molecule has 0 aliphatic carbocycles. The number of benzene rings is 3. The van der Waals surface area contributed by atoms with E-state index in [9.17, 15) is 13.5 Å². The van der Waals surface area contributed by atoms with Gasteiger partial charge in [0.2, 0.25) is 0 Å². The largest absolute Gasteiger partial charge is 0.384 e. The van der Waals surface area contributed by atoms with E-state index in [1.807, 2.05) is 0 Å². The maximum Gasteiger partial charge on any atom is 0.178 e. The number of aromatic nitrogens is 2. The van der Waals surface area contributed by atoms with Gasteiger partial charge in [-0.15, -0.1) is 0 Å². The third-order valence-electron chi connectivity index (χ3n) is 5.56. The van der Waals surface area contributed by atoms with Gasteiger partial charge in [0.15, 0.2) is 9.84 Å². The first-order valence-corrected chi connectivity index (χ1v) is 12.7. The van der Waals surface area contributed by atoms with Crippen LogP contribution in [0.1, 0.15) is 26.5 Å². The lowest BCUT2D eigenvalue weighted by molar-refractivity contribution is 0.0743. The maximum atomic E-state index is 15.5. The molecule has 4 aromatic rings. The molecule has 8 heteroatoms. The van der Waals surface area contributed by atoms with Gasteiger partial charge in [0.25, 0.3) is 0 Å². The van der Waals surface area contributed by atoms with Gasteiger partial charge in [-0.25, -0.2) is 17.8 Å².